The van der Waals surface area contributed by atoms with Gasteiger partial charge in [-0.05, 0) is 24.3 Å². The highest BCUT2D eigenvalue weighted by atomic mass is 19.4. The number of aromatic carboxylic acids is 1. The first kappa shape index (κ1) is 18.7. The second kappa shape index (κ2) is 7.51. The molecular weight excluding hydrogens is 359 g/mol. The Morgan fingerprint density at radius 2 is 1.92 bits per heavy atom. The number of aromatic nitrogens is 2. The van der Waals surface area contributed by atoms with Crippen LogP contribution in [0.1, 0.15) is 16.1 Å². The van der Waals surface area contributed by atoms with Crippen molar-refractivity contribution in [3.05, 3.63) is 58.8 Å². The molecule has 0 fully saturated rings. The van der Waals surface area contributed by atoms with E-state index in [9.17, 15) is 18.0 Å². The fourth-order valence-corrected chi connectivity index (χ4v) is 2.08. The van der Waals surface area contributed by atoms with Crippen LogP contribution >= 0.6 is 0 Å². The number of aromatic amines is 1. The van der Waals surface area contributed by atoms with E-state index in [-0.39, 0.29) is 5.75 Å². The second-order valence-electron chi connectivity index (χ2n) is 4.76. The van der Waals surface area contributed by atoms with Gasteiger partial charge in [-0.15, -0.1) is 4.91 Å². The Balaban J connectivity index is 0.000000758. The molecule has 0 unspecified atom stereocenters. The van der Waals surface area contributed by atoms with Crippen molar-refractivity contribution >= 4 is 16.9 Å². The molecule has 136 valence electrons. The van der Waals surface area contributed by atoms with Gasteiger partial charge < -0.3 is 20.0 Å². The first-order chi connectivity index (χ1) is 12.3. The number of carboxylic acids is 1. The number of carboxylic acid groups (broad SMARTS) is 1. The SMILES string of the molecule is O=C(O)c1cc(Oc2cccc3[nH]ccc23)nc(C(F)(F)F)c1.O=NO. The van der Waals surface area contributed by atoms with Crippen LogP contribution in [0.4, 0.5) is 13.2 Å². The summed E-state index contributed by atoms with van der Waals surface area (Å²) in [4.78, 5) is 25.4. The lowest BCUT2D eigenvalue weighted by Crippen LogP contribution is -2.11. The van der Waals surface area contributed by atoms with Crippen LogP contribution in [-0.4, -0.2) is 26.3 Å². The van der Waals surface area contributed by atoms with Crippen molar-refractivity contribution in [1.82, 2.24) is 9.97 Å². The normalized spacial score (nSPS) is 10.7. The van der Waals surface area contributed by atoms with Gasteiger partial charge in [-0.2, -0.15) is 13.2 Å². The highest BCUT2D eigenvalue weighted by Gasteiger charge is 2.34. The van der Waals surface area contributed by atoms with Crippen molar-refractivity contribution < 1.29 is 33.0 Å². The highest BCUT2D eigenvalue weighted by molar-refractivity contribution is 5.88. The quantitative estimate of drug-likeness (QED) is 0.469. The number of ether oxygens (including phenoxy) is 1. The number of alkyl halides is 3. The molecule has 0 amide bonds. The molecule has 0 aliphatic rings. The topological polar surface area (TPSA) is 125 Å². The van der Waals surface area contributed by atoms with Crippen LogP contribution in [0.15, 0.2) is 47.9 Å². The zero-order chi connectivity index (χ0) is 19.3. The predicted octanol–water partition coefficient (Wildman–Crippen LogP) is 4.21. The molecule has 2 aromatic heterocycles. The summed E-state index contributed by atoms with van der Waals surface area (Å²) in [6.07, 6.45) is -3.12. The Morgan fingerprint density at radius 1 is 1.23 bits per heavy atom. The summed E-state index contributed by atoms with van der Waals surface area (Å²) < 4.78 is 43.9. The molecule has 0 atom stereocenters. The van der Waals surface area contributed by atoms with Gasteiger partial charge in [-0.1, -0.05) is 6.07 Å². The average Bonchev–Trinajstić information content (AvgIpc) is 3.04. The molecular formula is C15H10F3N3O5. The Hall–Kier alpha value is -3.63. The molecule has 11 heteroatoms. The molecule has 0 bridgehead atoms. The van der Waals surface area contributed by atoms with Crippen LogP contribution in [0.25, 0.3) is 10.9 Å². The first-order valence-electron chi connectivity index (χ1n) is 6.79. The third-order valence-electron chi connectivity index (χ3n) is 3.11. The minimum Gasteiger partial charge on any atom is -0.478 e. The minimum atomic E-state index is -4.77. The van der Waals surface area contributed by atoms with E-state index in [1.807, 2.05) is 0 Å². The lowest BCUT2D eigenvalue weighted by atomic mass is 10.2. The maximum Gasteiger partial charge on any atom is 0.433 e. The van der Waals surface area contributed by atoms with E-state index in [1.54, 1.807) is 30.5 Å². The van der Waals surface area contributed by atoms with E-state index in [2.05, 4.69) is 9.97 Å². The average molecular weight is 369 g/mol. The number of H-pyrrole nitrogens is 1. The van der Waals surface area contributed by atoms with Gasteiger partial charge in [0.2, 0.25) is 5.88 Å². The molecule has 3 rings (SSSR count). The standard InChI is InChI=1S/C15H9F3N2O3.HNO2/c16-15(17,18)12-6-8(14(21)22)7-13(20-12)23-11-3-1-2-10-9(11)4-5-19-10;2-1-3/h1-7,19H,(H,21,22);(H,2,3). The van der Waals surface area contributed by atoms with Crippen LogP contribution in [-0.2, 0) is 6.18 Å². The summed E-state index contributed by atoms with van der Waals surface area (Å²) in [6.45, 7) is 0. The maximum atomic E-state index is 12.8. The van der Waals surface area contributed by atoms with Crippen LogP contribution < -0.4 is 4.74 Å². The number of halogens is 3. The van der Waals surface area contributed by atoms with Gasteiger partial charge in [0.1, 0.15) is 11.4 Å². The van der Waals surface area contributed by atoms with Crippen molar-refractivity contribution in [2.45, 2.75) is 6.18 Å². The number of hydrogen-bond donors (Lipinski definition) is 3. The zero-order valence-electron chi connectivity index (χ0n) is 12.7. The molecule has 3 aromatic rings. The van der Waals surface area contributed by atoms with Gasteiger partial charge in [-0.3, -0.25) is 0 Å². The Morgan fingerprint density at radius 3 is 2.54 bits per heavy atom. The highest BCUT2D eigenvalue weighted by Crippen LogP contribution is 2.33. The first-order valence-corrected chi connectivity index (χ1v) is 6.79. The van der Waals surface area contributed by atoms with Crippen LogP contribution in [0.5, 0.6) is 11.6 Å². The van der Waals surface area contributed by atoms with Crippen LogP contribution in [0.3, 0.4) is 0 Å². The van der Waals surface area contributed by atoms with Gasteiger partial charge in [-0.25, -0.2) is 9.78 Å². The number of benzene rings is 1. The summed E-state index contributed by atoms with van der Waals surface area (Å²) in [5, 5.41) is 17.5. The molecule has 0 spiro atoms. The molecule has 3 N–H and O–H groups in total. The molecule has 0 radical (unpaired) electrons. The second-order valence-corrected chi connectivity index (χ2v) is 4.76. The molecule has 8 nitrogen and oxygen atoms in total. The number of fused-ring (bicyclic) bond motifs is 1. The monoisotopic (exact) mass is 369 g/mol. The minimum absolute atomic E-state index is 0.270. The number of nitrogens with one attached hydrogen (secondary N) is 1. The number of pyridine rings is 1. The van der Waals surface area contributed by atoms with E-state index in [1.165, 1.54) is 5.34 Å². The number of carbonyl (C=O) groups is 1. The molecule has 0 saturated carbocycles. The predicted molar refractivity (Wildman–Crippen MR) is 82.2 cm³/mol. The zero-order valence-corrected chi connectivity index (χ0v) is 12.7. The number of nitrogens with zero attached hydrogens (tertiary/aromatic N) is 2. The van der Waals surface area contributed by atoms with Crippen molar-refractivity contribution in [3.63, 3.8) is 0 Å². The van der Waals surface area contributed by atoms with E-state index >= 15 is 0 Å². The fraction of sp³-hybridized carbons (Fsp3) is 0.0667. The van der Waals surface area contributed by atoms with Gasteiger partial charge in [0.05, 0.1) is 5.56 Å². The summed E-state index contributed by atoms with van der Waals surface area (Å²) in [7, 11) is 0. The van der Waals surface area contributed by atoms with Crippen LogP contribution in [0.2, 0.25) is 0 Å². The van der Waals surface area contributed by atoms with Crippen molar-refractivity contribution in [2.75, 3.05) is 0 Å². The molecule has 0 aliphatic carbocycles. The lowest BCUT2D eigenvalue weighted by Gasteiger charge is -2.11. The van der Waals surface area contributed by atoms with Crippen molar-refractivity contribution in [3.8, 4) is 11.6 Å². The fourth-order valence-electron chi connectivity index (χ4n) is 2.08. The molecule has 0 aliphatic heterocycles. The summed E-state index contributed by atoms with van der Waals surface area (Å²) >= 11 is 0. The Labute approximate surface area is 142 Å². The van der Waals surface area contributed by atoms with Gasteiger partial charge >= 0.3 is 12.1 Å². The number of rotatable bonds is 3. The molecule has 26 heavy (non-hydrogen) atoms. The molecule has 1 aromatic carbocycles. The Bertz CT molecular complexity index is 940. The number of hydrogen-bond acceptors (Lipinski definition) is 5. The van der Waals surface area contributed by atoms with E-state index in [4.69, 9.17) is 20.0 Å². The Kier molecular flexibility index (Phi) is 5.40. The van der Waals surface area contributed by atoms with E-state index in [0.29, 0.717) is 11.5 Å². The smallest absolute Gasteiger partial charge is 0.433 e. The van der Waals surface area contributed by atoms with Gasteiger partial charge in [0, 0.05) is 23.2 Å². The largest absolute Gasteiger partial charge is 0.478 e. The van der Waals surface area contributed by atoms with Crippen LogP contribution in [0, 0.1) is 4.91 Å². The molecule has 2 heterocycles. The summed E-state index contributed by atoms with van der Waals surface area (Å²) in [5.41, 5.74) is -1.15. The van der Waals surface area contributed by atoms with E-state index < -0.39 is 29.3 Å². The van der Waals surface area contributed by atoms with E-state index in [0.717, 1.165) is 11.6 Å². The third-order valence-corrected chi connectivity index (χ3v) is 3.11. The van der Waals surface area contributed by atoms with Crippen molar-refractivity contribution in [1.29, 1.82) is 0 Å². The van der Waals surface area contributed by atoms with Crippen molar-refractivity contribution in [2.24, 2.45) is 5.34 Å². The third kappa shape index (κ3) is 4.26. The van der Waals surface area contributed by atoms with Gasteiger partial charge in [0.25, 0.3) is 0 Å². The maximum absolute atomic E-state index is 12.8. The summed E-state index contributed by atoms with van der Waals surface area (Å²) in [6, 6.07) is 8.08. The van der Waals surface area contributed by atoms with Gasteiger partial charge in [0.15, 0.2) is 5.34 Å². The molecule has 0 saturated heterocycles. The summed E-state index contributed by atoms with van der Waals surface area (Å²) in [5.74, 6) is -1.67. The lowest BCUT2D eigenvalue weighted by molar-refractivity contribution is -0.141.